The molecule has 0 fully saturated rings. The Labute approximate surface area is 329 Å². The molecule has 0 heterocycles. The van der Waals surface area contributed by atoms with Crippen molar-refractivity contribution < 1.29 is 14.3 Å². The summed E-state index contributed by atoms with van der Waals surface area (Å²) >= 11 is 0. The molecule has 0 atom stereocenters. The minimum Gasteiger partial charge on any atom is -0.465 e. The number of rotatable bonds is 17. The van der Waals surface area contributed by atoms with Gasteiger partial charge in [0.15, 0.2) is 5.78 Å². The highest BCUT2D eigenvalue weighted by Crippen LogP contribution is 2.55. The first-order valence-corrected chi connectivity index (χ1v) is 21.1. The number of ketones is 1. The summed E-state index contributed by atoms with van der Waals surface area (Å²) in [6, 6.07) is 32.6. The van der Waals surface area contributed by atoms with Crippen LogP contribution < -0.4 is 0 Å². The fourth-order valence-electron chi connectivity index (χ4n) is 9.44. The molecule has 0 unspecified atom stereocenters. The van der Waals surface area contributed by atoms with Crippen LogP contribution in [0.3, 0.4) is 0 Å². The van der Waals surface area contributed by atoms with Gasteiger partial charge < -0.3 is 4.74 Å². The van der Waals surface area contributed by atoms with Crippen LogP contribution in [0.2, 0.25) is 0 Å². The number of carbonyl (C=O) groups is 2. The van der Waals surface area contributed by atoms with Crippen molar-refractivity contribution in [3.05, 3.63) is 130 Å². The minimum absolute atomic E-state index is 0.00506. The lowest BCUT2D eigenvalue weighted by Crippen LogP contribution is -2.25. The Morgan fingerprint density at radius 1 is 0.509 bits per heavy atom. The van der Waals surface area contributed by atoms with Crippen molar-refractivity contribution in [1.82, 2.24) is 0 Å². The first-order valence-electron chi connectivity index (χ1n) is 21.1. The molecule has 3 nitrogen and oxygen atoms in total. The molecule has 0 bridgehead atoms. The van der Waals surface area contributed by atoms with Gasteiger partial charge in [-0.1, -0.05) is 163 Å². The number of ether oxygens (including phenoxy) is 1. The van der Waals surface area contributed by atoms with Gasteiger partial charge in [0.2, 0.25) is 0 Å². The quantitative estimate of drug-likeness (QED) is 0.0693. The predicted octanol–water partition coefficient (Wildman–Crippen LogP) is 14.4. The molecule has 0 spiro atoms. The van der Waals surface area contributed by atoms with Crippen LogP contribution in [0.4, 0.5) is 0 Å². The summed E-state index contributed by atoms with van der Waals surface area (Å²) in [5.74, 6) is -0.303. The standard InChI is InChI=1S/C52H58O3/c1-6-8-10-12-14-16-28-52(29-17-15-13-11-9-7-2)48-30-35(3)18-24-43(48)44-27-23-40(34-49(44)52)39-22-26-42-41-25-21-38(32-46(41)50(53)47(42)33-39)37-20-19-36(4)45(31-37)51(54)55-5/h18-27,30-34H,6-17,28-29H2,1-5H3. The van der Waals surface area contributed by atoms with E-state index < -0.39 is 0 Å². The van der Waals surface area contributed by atoms with E-state index in [1.807, 2.05) is 37.3 Å². The number of benzene rings is 5. The fraction of sp³-hybridized carbons (Fsp3) is 0.385. The van der Waals surface area contributed by atoms with Crippen molar-refractivity contribution in [2.45, 2.75) is 123 Å². The van der Waals surface area contributed by atoms with Gasteiger partial charge in [0.25, 0.3) is 0 Å². The maximum atomic E-state index is 14.2. The van der Waals surface area contributed by atoms with Crippen LogP contribution in [0.25, 0.3) is 44.5 Å². The van der Waals surface area contributed by atoms with E-state index in [0.717, 1.165) is 38.9 Å². The molecule has 55 heavy (non-hydrogen) atoms. The molecule has 2 aliphatic carbocycles. The van der Waals surface area contributed by atoms with Crippen LogP contribution in [0.15, 0.2) is 91.0 Å². The average molecular weight is 731 g/mol. The fourth-order valence-corrected chi connectivity index (χ4v) is 9.44. The Bertz CT molecular complexity index is 2190. The largest absolute Gasteiger partial charge is 0.465 e. The number of fused-ring (bicyclic) bond motifs is 6. The molecule has 5 aromatic carbocycles. The first kappa shape index (κ1) is 38.5. The van der Waals surface area contributed by atoms with Gasteiger partial charge in [-0.2, -0.15) is 0 Å². The monoisotopic (exact) mass is 730 g/mol. The van der Waals surface area contributed by atoms with E-state index in [2.05, 4.69) is 81.4 Å². The van der Waals surface area contributed by atoms with Crippen molar-refractivity contribution in [2.24, 2.45) is 0 Å². The lowest BCUT2D eigenvalue weighted by molar-refractivity contribution is 0.0599. The number of carbonyl (C=O) groups excluding carboxylic acids is 2. The zero-order chi connectivity index (χ0) is 38.5. The molecule has 0 saturated carbocycles. The smallest absolute Gasteiger partial charge is 0.338 e. The number of hydrogen-bond donors (Lipinski definition) is 0. The van der Waals surface area contributed by atoms with Crippen molar-refractivity contribution in [1.29, 1.82) is 0 Å². The van der Waals surface area contributed by atoms with Gasteiger partial charge in [-0.05, 0) is 112 Å². The first-order chi connectivity index (χ1) is 26.8. The lowest BCUT2D eigenvalue weighted by Gasteiger charge is -2.33. The Kier molecular flexibility index (Phi) is 11.9. The number of esters is 1. The van der Waals surface area contributed by atoms with Crippen LogP contribution in [-0.4, -0.2) is 18.9 Å². The molecular formula is C52H58O3. The summed E-state index contributed by atoms with van der Waals surface area (Å²) in [5.41, 5.74) is 16.0. The number of unbranched alkanes of at least 4 members (excludes halogenated alkanes) is 10. The third-order valence-corrected chi connectivity index (χ3v) is 12.6. The van der Waals surface area contributed by atoms with Gasteiger partial charge in [0.05, 0.1) is 12.7 Å². The summed E-state index contributed by atoms with van der Waals surface area (Å²) in [6.45, 7) is 8.74. The molecule has 0 aliphatic heterocycles. The Morgan fingerprint density at radius 3 is 1.53 bits per heavy atom. The van der Waals surface area contributed by atoms with Gasteiger partial charge in [-0.25, -0.2) is 4.79 Å². The van der Waals surface area contributed by atoms with Crippen LogP contribution in [0, 0.1) is 13.8 Å². The van der Waals surface area contributed by atoms with Crippen LogP contribution in [-0.2, 0) is 10.2 Å². The zero-order valence-corrected chi connectivity index (χ0v) is 33.8. The van der Waals surface area contributed by atoms with Gasteiger partial charge in [-0.3, -0.25) is 4.79 Å². The van der Waals surface area contributed by atoms with E-state index in [9.17, 15) is 9.59 Å². The predicted molar refractivity (Wildman–Crippen MR) is 229 cm³/mol. The van der Waals surface area contributed by atoms with Crippen LogP contribution in [0.5, 0.6) is 0 Å². The second kappa shape index (κ2) is 16.9. The SMILES string of the molecule is CCCCCCCCC1(CCCCCCCC)c2cc(C)ccc2-c2ccc(-c3ccc4c(c3)C(=O)c3cc(-c5ccc(C)c(C(=O)OC)c5)ccc3-4)cc21. The normalized spacial score (nSPS) is 13.4. The van der Waals surface area contributed by atoms with Crippen LogP contribution >= 0.6 is 0 Å². The minimum atomic E-state index is -0.357. The summed E-state index contributed by atoms with van der Waals surface area (Å²) in [6.07, 6.45) is 18.0. The lowest BCUT2D eigenvalue weighted by atomic mass is 9.70. The maximum absolute atomic E-state index is 14.2. The van der Waals surface area contributed by atoms with E-state index >= 15 is 0 Å². The Balaban J connectivity index is 1.22. The van der Waals surface area contributed by atoms with E-state index in [0.29, 0.717) is 11.1 Å². The van der Waals surface area contributed by atoms with Gasteiger partial charge in [-0.15, -0.1) is 0 Å². The third kappa shape index (κ3) is 7.60. The highest BCUT2D eigenvalue weighted by atomic mass is 16.5. The average Bonchev–Trinajstić information content (AvgIpc) is 3.64. The number of hydrogen-bond acceptors (Lipinski definition) is 3. The summed E-state index contributed by atoms with van der Waals surface area (Å²) in [4.78, 5) is 26.6. The van der Waals surface area contributed by atoms with Crippen molar-refractivity contribution in [3.63, 3.8) is 0 Å². The Morgan fingerprint density at radius 2 is 0.964 bits per heavy atom. The van der Waals surface area contributed by atoms with E-state index in [-0.39, 0.29) is 17.2 Å². The van der Waals surface area contributed by atoms with Crippen molar-refractivity contribution in [3.8, 4) is 44.5 Å². The second-order valence-corrected chi connectivity index (χ2v) is 16.3. The van der Waals surface area contributed by atoms with Crippen molar-refractivity contribution in [2.75, 3.05) is 7.11 Å². The molecule has 5 aromatic rings. The third-order valence-electron chi connectivity index (χ3n) is 12.6. The molecule has 284 valence electrons. The van der Waals surface area contributed by atoms with E-state index in [4.69, 9.17) is 4.74 Å². The molecule has 0 N–H and O–H groups in total. The van der Waals surface area contributed by atoms with Gasteiger partial charge in [0, 0.05) is 16.5 Å². The molecule has 0 radical (unpaired) electrons. The van der Waals surface area contributed by atoms with Crippen molar-refractivity contribution >= 4 is 11.8 Å². The maximum Gasteiger partial charge on any atom is 0.338 e. The molecule has 0 saturated heterocycles. The molecule has 0 aromatic heterocycles. The van der Waals surface area contributed by atoms with E-state index in [1.165, 1.54) is 130 Å². The summed E-state index contributed by atoms with van der Waals surface area (Å²) in [7, 11) is 1.40. The Hall–Kier alpha value is -4.76. The highest BCUT2D eigenvalue weighted by molar-refractivity contribution is 6.22. The summed E-state index contributed by atoms with van der Waals surface area (Å²) in [5, 5.41) is 0. The number of aryl methyl sites for hydroxylation is 2. The van der Waals surface area contributed by atoms with Gasteiger partial charge >= 0.3 is 5.97 Å². The molecule has 2 aliphatic rings. The van der Waals surface area contributed by atoms with Crippen LogP contribution in [0.1, 0.15) is 152 Å². The van der Waals surface area contributed by atoms with Gasteiger partial charge in [0.1, 0.15) is 0 Å². The molecule has 0 amide bonds. The summed E-state index contributed by atoms with van der Waals surface area (Å²) < 4.78 is 5.02. The van der Waals surface area contributed by atoms with E-state index in [1.54, 1.807) is 0 Å². The highest BCUT2D eigenvalue weighted by Gasteiger charge is 2.42. The topological polar surface area (TPSA) is 43.4 Å². The molecule has 7 rings (SSSR count). The zero-order valence-electron chi connectivity index (χ0n) is 33.8. The second-order valence-electron chi connectivity index (χ2n) is 16.3. The molecular weight excluding hydrogens is 673 g/mol. The molecule has 3 heteroatoms. The number of methoxy groups -OCH3 is 1.